The Balaban J connectivity index is 2.32. The van der Waals surface area contributed by atoms with E-state index in [0.717, 1.165) is 6.42 Å². The van der Waals surface area contributed by atoms with Crippen molar-refractivity contribution in [2.75, 3.05) is 0 Å². The minimum absolute atomic E-state index is 0.301. The lowest BCUT2D eigenvalue weighted by atomic mass is 10.2. The normalized spacial score (nSPS) is 19.5. The van der Waals surface area contributed by atoms with Crippen molar-refractivity contribution in [3.05, 3.63) is 11.0 Å². The van der Waals surface area contributed by atoms with Gasteiger partial charge in [0.15, 0.2) is 0 Å². The maximum absolute atomic E-state index is 11.6. The monoisotopic (exact) mass is 258 g/mol. The van der Waals surface area contributed by atoms with E-state index in [2.05, 4.69) is 10.9 Å². The fourth-order valence-electron chi connectivity index (χ4n) is 1.21. The standard InChI is InChI=1S/C11H18N2O3S/c1-7-5-6-8(17-7)9(14)12-13-10(15)16-11(2,3)4/h6-7H,5H2,1-4H3,(H,12,14)(H,13,15). The first-order valence-electron chi connectivity index (χ1n) is 5.44. The van der Waals surface area contributed by atoms with Crippen LogP contribution in [0.3, 0.4) is 0 Å². The summed E-state index contributed by atoms with van der Waals surface area (Å²) in [6.45, 7) is 7.31. The molecular weight excluding hydrogens is 240 g/mol. The van der Waals surface area contributed by atoms with E-state index in [-0.39, 0.29) is 5.91 Å². The Kier molecular flexibility index (Phi) is 4.45. The number of amides is 2. The number of carbonyl (C=O) groups excluding carboxylic acids is 2. The smallest absolute Gasteiger partial charge is 0.426 e. The van der Waals surface area contributed by atoms with Crippen LogP contribution in [0.4, 0.5) is 4.79 Å². The van der Waals surface area contributed by atoms with E-state index in [1.54, 1.807) is 20.8 Å². The highest BCUT2D eigenvalue weighted by Gasteiger charge is 2.21. The zero-order valence-corrected chi connectivity index (χ0v) is 11.3. The van der Waals surface area contributed by atoms with Gasteiger partial charge < -0.3 is 4.74 Å². The molecule has 96 valence electrons. The van der Waals surface area contributed by atoms with Gasteiger partial charge in [-0.3, -0.25) is 10.2 Å². The number of hydrogen-bond acceptors (Lipinski definition) is 4. The molecule has 0 aromatic heterocycles. The van der Waals surface area contributed by atoms with Crippen LogP contribution >= 0.6 is 11.8 Å². The number of thioether (sulfide) groups is 1. The van der Waals surface area contributed by atoms with Crippen LogP contribution in [0.2, 0.25) is 0 Å². The Morgan fingerprint density at radius 3 is 2.53 bits per heavy atom. The van der Waals surface area contributed by atoms with Crippen LogP contribution in [-0.2, 0) is 9.53 Å². The lowest BCUT2D eigenvalue weighted by Gasteiger charge is -2.19. The van der Waals surface area contributed by atoms with Gasteiger partial charge in [-0.05, 0) is 27.2 Å². The first kappa shape index (κ1) is 13.9. The van der Waals surface area contributed by atoms with Crippen molar-refractivity contribution in [2.24, 2.45) is 0 Å². The van der Waals surface area contributed by atoms with Crippen molar-refractivity contribution < 1.29 is 14.3 Å². The average Bonchev–Trinajstić information content (AvgIpc) is 2.58. The van der Waals surface area contributed by atoms with Gasteiger partial charge >= 0.3 is 6.09 Å². The first-order chi connectivity index (χ1) is 7.78. The molecule has 0 aromatic carbocycles. The summed E-state index contributed by atoms with van der Waals surface area (Å²) in [7, 11) is 0. The summed E-state index contributed by atoms with van der Waals surface area (Å²) in [5, 5.41) is 0.414. The van der Waals surface area contributed by atoms with Crippen LogP contribution in [0, 0.1) is 0 Å². The van der Waals surface area contributed by atoms with Crippen molar-refractivity contribution in [2.45, 2.75) is 45.0 Å². The number of rotatable bonds is 1. The van der Waals surface area contributed by atoms with Crippen molar-refractivity contribution in [1.29, 1.82) is 0 Å². The molecule has 0 aliphatic carbocycles. The molecule has 1 atom stereocenters. The maximum atomic E-state index is 11.6. The molecule has 17 heavy (non-hydrogen) atoms. The molecule has 0 aromatic rings. The highest BCUT2D eigenvalue weighted by molar-refractivity contribution is 8.04. The molecule has 0 spiro atoms. The summed E-state index contributed by atoms with van der Waals surface area (Å²) in [6.07, 6.45) is 2.07. The molecular formula is C11H18N2O3S. The fraction of sp³-hybridized carbons (Fsp3) is 0.636. The van der Waals surface area contributed by atoms with Crippen LogP contribution in [-0.4, -0.2) is 22.9 Å². The Bertz CT molecular complexity index is 347. The molecule has 2 amide bonds. The summed E-state index contributed by atoms with van der Waals surface area (Å²) in [4.78, 5) is 23.5. The molecule has 0 saturated carbocycles. The highest BCUT2D eigenvalue weighted by Crippen LogP contribution is 2.31. The van der Waals surface area contributed by atoms with E-state index in [1.807, 2.05) is 13.0 Å². The topological polar surface area (TPSA) is 67.4 Å². The van der Waals surface area contributed by atoms with Gasteiger partial charge in [-0.15, -0.1) is 11.8 Å². The Morgan fingerprint density at radius 2 is 2.06 bits per heavy atom. The SMILES string of the molecule is CC1CC=C(C(=O)NNC(=O)OC(C)(C)C)S1. The number of hydrazine groups is 1. The minimum atomic E-state index is -0.664. The quantitative estimate of drug-likeness (QED) is 0.705. The van der Waals surface area contributed by atoms with Gasteiger partial charge in [-0.1, -0.05) is 13.0 Å². The van der Waals surface area contributed by atoms with E-state index in [1.165, 1.54) is 11.8 Å². The van der Waals surface area contributed by atoms with Gasteiger partial charge in [0, 0.05) is 5.25 Å². The molecule has 0 fully saturated rings. The van der Waals surface area contributed by atoms with Gasteiger partial charge in [0.25, 0.3) is 5.91 Å². The van der Waals surface area contributed by atoms with Crippen LogP contribution in [0.5, 0.6) is 0 Å². The second kappa shape index (κ2) is 5.44. The molecule has 1 aliphatic rings. The lowest BCUT2D eigenvalue weighted by molar-refractivity contribution is -0.117. The van der Waals surface area contributed by atoms with Crippen LogP contribution in [0.25, 0.3) is 0 Å². The second-order valence-corrected chi connectivity index (χ2v) is 6.29. The second-order valence-electron chi connectivity index (χ2n) is 4.81. The summed E-state index contributed by atoms with van der Waals surface area (Å²) < 4.78 is 4.98. The largest absolute Gasteiger partial charge is 0.443 e. The fourth-order valence-corrected chi connectivity index (χ4v) is 2.18. The third-order valence-corrected chi connectivity index (χ3v) is 3.06. The van der Waals surface area contributed by atoms with Gasteiger partial charge in [0.05, 0.1) is 4.91 Å². The van der Waals surface area contributed by atoms with E-state index in [9.17, 15) is 9.59 Å². The lowest BCUT2D eigenvalue weighted by Crippen LogP contribution is -2.44. The third kappa shape index (κ3) is 5.12. The number of nitrogens with one attached hydrogen (secondary N) is 2. The number of allylic oxidation sites excluding steroid dienone is 1. The van der Waals surface area contributed by atoms with Crippen molar-refractivity contribution in [3.63, 3.8) is 0 Å². The Hall–Kier alpha value is -1.17. The van der Waals surface area contributed by atoms with Crippen LogP contribution < -0.4 is 10.9 Å². The van der Waals surface area contributed by atoms with E-state index in [4.69, 9.17) is 4.74 Å². The van der Waals surface area contributed by atoms with E-state index < -0.39 is 11.7 Å². The van der Waals surface area contributed by atoms with Gasteiger partial charge in [0.1, 0.15) is 5.60 Å². The molecule has 1 heterocycles. The minimum Gasteiger partial charge on any atom is -0.443 e. The summed E-state index contributed by atoms with van der Waals surface area (Å²) in [5.74, 6) is -0.301. The number of carbonyl (C=O) groups is 2. The third-order valence-electron chi connectivity index (χ3n) is 1.86. The molecule has 0 radical (unpaired) electrons. The average molecular weight is 258 g/mol. The summed E-state index contributed by atoms with van der Waals surface area (Å²) in [6, 6.07) is 0. The van der Waals surface area contributed by atoms with Crippen molar-refractivity contribution >= 4 is 23.8 Å². The van der Waals surface area contributed by atoms with Crippen LogP contribution in [0.15, 0.2) is 11.0 Å². The van der Waals surface area contributed by atoms with E-state index >= 15 is 0 Å². The molecule has 1 aliphatic heterocycles. The zero-order valence-electron chi connectivity index (χ0n) is 10.5. The number of hydrogen-bond donors (Lipinski definition) is 2. The maximum Gasteiger partial charge on any atom is 0.426 e. The highest BCUT2D eigenvalue weighted by atomic mass is 32.2. The summed E-state index contributed by atoms with van der Waals surface area (Å²) in [5.41, 5.74) is 3.95. The molecule has 1 rings (SSSR count). The number of ether oxygens (including phenoxy) is 1. The van der Waals surface area contributed by atoms with Crippen molar-refractivity contribution in [3.8, 4) is 0 Å². The molecule has 6 heteroatoms. The molecule has 5 nitrogen and oxygen atoms in total. The van der Waals surface area contributed by atoms with E-state index in [0.29, 0.717) is 10.2 Å². The van der Waals surface area contributed by atoms with Gasteiger partial charge in [-0.2, -0.15) is 0 Å². The molecule has 2 N–H and O–H groups in total. The van der Waals surface area contributed by atoms with Gasteiger partial charge in [-0.25, -0.2) is 10.2 Å². The molecule has 0 saturated heterocycles. The summed E-state index contributed by atoms with van der Waals surface area (Å²) >= 11 is 1.50. The van der Waals surface area contributed by atoms with Crippen molar-refractivity contribution in [1.82, 2.24) is 10.9 Å². The Morgan fingerprint density at radius 1 is 1.41 bits per heavy atom. The molecule has 0 bridgehead atoms. The predicted octanol–water partition coefficient (Wildman–Crippen LogP) is 1.95. The predicted molar refractivity (Wildman–Crippen MR) is 67.3 cm³/mol. The van der Waals surface area contributed by atoms with Crippen LogP contribution in [0.1, 0.15) is 34.1 Å². The first-order valence-corrected chi connectivity index (χ1v) is 6.32. The zero-order chi connectivity index (χ0) is 13.1. The Labute approximate surface area is 105 Å². The molecule has 1 unspecified atom stereocenters. The van der Waals surface area contributed by atoms with Gasteiger partial charge in [0.2, 0.25) is 0 Å².